The van der Waals surface area contributed by atoms with E-state index in [0.29, 0.717) is 0 Å². The van der Waals surface area contributed by atoms with Gasteiger partial charge in [-0.1, -0.05) is 18.2 Å². The molecule has 0 aliphatic heterocycles. The van der Waals surface area contributed by atoms with Gasteiger partial charge in [-0.05, 0) is 31.4 Å². The van der Waals surface area contributed by atoms with Crippen LogP contribution in [0.1, 0.15) is 19.5 Å². The summed E-state index contributed by atoms with van der Waals surface area (Å²) in [5, 5.41) is 1.13. The lowest BCUT2D eigenvalue weighted by Crippen LogP contribution is -2.13. The highest BCUT2D eigenvalue weighted by atomic mass is 16.1. The number of nitrogens with zero attached hydrogens (tertiary/aromatic N) is 1. The van der Waals surface area contributed by atoms with E-state index in [1.807, 2.05) is 44.2 Å². The normalized spacial score (nSPS) is 11.3. The van der Waals surface area contributed by atoms with Gasteiger partial charge in [-0.15, -0.1) is 0 Å². The molecule has 2 aromatic rings. The summed E-state index contributed by atoms with van der Waals surface area (Å²) in [7, 11) is 0. The van der Waals surface area contributed by atoms with E-state index in [0.717, 1.165) is 16.6 Å². The van der Waals surface area contributed by atoms with Crippen LogP contribution in [0.3, 0.4) is 0 Å². The Balaban J connectivity index is 2.58. The van der Waals surface area contributed by atoms with E-state index in [-0.39, 0.29) is 0 Å². The van der Waals surface area contributed by atoms with Crippen LogP contribution in [-0.2, 0) is 10.3 Å². The predicted octanol–water partition coefficient (Wildman–Crippen LogP) is 2.74. The molecule has 0 fully saturated rings. The Bertz CT molecular complexity index is 500. The van der Waals surface area contributed by atoms with E-state index in [4.69, 9.17) is 0 Å². The highest BCUT2D eigenvalue weighted by Crippen LogP contribution is 2.26. The highest BCUT2D eigenvalue weighted by Gasteiger charge is 2.21. The fourth-order valence-corrected chi connectivity index (χ4v) is 1.58. The molecule has 0 spiro atoms. The largest absolute Gasteiger partial charge is 0.356 e. The van der Waals surface area contributed by atoms with Gasteiger partial charge in [0, 0.05) is 11.2 Å². The van der Waals surface area contributed by atoms with Crippen molar-refractivity contribution in [3.05, 3.63) is 36.0 Å². The molecule has 0 aliphatic carbocycles. The van der Waals surface area contributed by atoms with Crippen molar-refractivity contribution >= 4 is 17.0 Å². The van der Waals surface area contributed by atoms with Crippen LogP contribution < -0.4 is 0 Å². The van der Waals surface area contributed by atoms with Gasteiger partial charge in [0.1, 0.15) is 5.54 Å². The maximum Gasteiger partial charge on any atom is 0.235 e. The molecule has 0 amide bonds. The number of hydrogen-bond acceptors (Lipinski definition) is 2. The molecule has 0 saturated carbocycles. The van der Waals surface area contributed by atoms with E-state index in [1.54, 1.807) is 6.08 Å². The number of nitrogens with one attached hydrogen (secondary N) is 1. The molecule has 0 bridgehead atoms. The summed E-state index contributed by atoms with van der Waals surface area (Å²) in [6, 6.07) is 9.99. The van der Waals surface area contributed by atoms with Crippen LogP contribution >= 0.6 is 0 Å². The molecular formula is C12H12N2O. The summed E-state index contributed by atoms with van der Waals surface area (Å²) >= 11 is 0. The molecule has 3 nitrogen and oxygen atoms in total. The van der Waals surface area contributed by atoms with Crippen molar-refractivity contribution < 1.29 is 4.79 Å². The first-order valence-electron chi connectivity index (χ1n) is 4.81. The monoisotopic (exact) mass is 200 g/mol. The molecule has 0 radical (unpaired) electrons. The minimum Gasteiger partial charge on any atom is -0.356 e. The number of aromatic amines is 1. The maximum absolute atomic E-state index is 10.3. The first-order valence-corrected chi connectivity index (χ1v) is 4.81. The molecular weight excluding hydrogens is 188 g/mol. The van der Waals surface area contributed by atoms with Crippen molar-refractivity contribution in [2.75, 3.05) is 0 Å². The van der Waals surface area contributed by atoms with Crippen LogP contribution in [0, 0.1) is 0 Å². The number of aliphatic imine (C=N–C) groups is 1. The summed E-state index contributed by atoms with van der Waals surface area (Å²) < 4.78 is 0. The van der Waals surface area contributed by atoms with Gasteiger partial charge in [0.05, 0.1) is 0 Å². The first kappa shape index (κ1) is 9.69. The molecule has 1 aromatic carbocycles. The number of carbonyl (C=O) groups excluding carboxylic acids is 1. The van der Waals surface area contributed by atoms with Gasteiger partial charge < -0.3 is 4.98 Å². The van der Waals surface area contributed by atoms with Gasteiger partial charge in [0.15, 0.2) is 0 Å². The zero-order valence-electron chi connectivity index (χ0n) is 8.74. The summed E-state index contributed by atoms with van der Waals surface area (Å²) in [4.78, 5) is 17.3. The van der Waals surface area contributed by atoms with Gasteiger partial charge in [0.25, 0.3) is 0 Å². The third-order valence-electron chi connectivity index (χ3n) is 2.51. The fourth-order valence-electron chi connectivity index (χ4n) is 1.58. The second-order valence-corrected chi connectivity index (χ2v) is 4.03. The number of rotatable bonds is 2. The molecule has 1 aromatic heterocycles. The maximum atomic E-state index is 10.3. The Morgan fingerprint density at radius 3 is 2.73 bits per heavy atom. The number of fused-ring (bicyclic) bond motifs is 1. The molecule has 0 saturated heterocycles. The van der Waals surface area contributed by atoms with Gasteiger partial charge in [0.2, 0.25) is 6.08 Å². The smallest absolute Gasteiger partial charge is 0.235 e. The molecule has 2 rings (SSSR count). The number of hydrogen-bond donors (Lipinski definition) is 1. The Morgan fingerprint density at radius 1 is 1.33 bits per heavy atom. The predicted molar refractivity (Wildman–Crippen MR) is 59.4 cm³/mol. The quantitative estimate of drug-likeness (QED) is 0.588. The standard InChI is InChI=1S/C12H12N2O/c1-12(2,13-8-15)11-7-9-5-3-4-6-10(9)14-11/h3-7,14H,1-2H3. The van der Waals surface area contributed by atoms with E-state index in [2.05, 4.69) is 9.98 Å². The number of para-hydroxylation sites is 1. The zero-order valence-corrected chi connectivity index (χ0v) is 8.74. The van der Waals surface area contributed by atoms with Gasteiger partial charge in [-0.25, -0.2) is 4.79 Å². The lowest BCUT2D eigenvalue weighted by atomic mass is 10.0. The van der Waals surface area contributed by atoms with Crippen LogP contribution in [0.25, 0.3) is 10.9 Å². The lowest BCUT2D eigenvalue weighted by Gasteiger charge is -2.14. The Labute approximate surface area is 87.8 Å². The van der Waals surface area contributed by atoms with E-state index in [1.165, 1.54) is 0 Å². The molecule has 76 valence electrons. The van der Waals surface area contributed by atoms with Crippen molar-refractivity contribution in [2.24, 2.45) is 4.99 Å². The van der Waals surface area contributed by atoms with Gasteiger partial charge in [-0.3, -0.25) is 0 Å². The minimum absolute atomic E-state index is 0.541. The summed E-state index contributed by atoms with van der Waals surface area (Å²) in [6.45, 7) is 3.76. The van der Waals surface area contributed by atoms with Crippen LogP contribution in [-0.4, -0.2) is 11.1 Å². The summed E-state index contributed by atoms with van der Waals surface area (Å²) in [5.74, 6) is 0. The van der Waals surface area contributed by atoms with E-state index >= 15 is 0 Å². The molecule has 3 heteroatoms. The molecule has 1 N–H and O–H groups in total. The average Bonchev–Trinajstić information content (AvgIpc) is 2.61. The second kappa shape index (κ2) is 3.37. The van der Waals surface area contributed by atoms with Crippen molar-refractivity contribution in [1.29, 1.82) is 0 Å². The molecule has 15 heavy (non-hydrogen) atoms. The van der Waals surface area contributed by atoms with E-state index < -0.39 is 5.54 Å². The number of isocyanates is 1. The zero-order chi connectivity index (χ0) is 10.9. The van der Waals surface area contributed by atoms with Crippen molar-refractivity contribution in [1.82, 2.24) is 4.98 Å². The first-order chi connectivity index (χ1) is 7.13. The molecule has 0 atom stereocenters. The third kappa shape index (κ3) is 1.69. The van der Waals surface area contributed by atoms with Crippen molar-refractivity contribution in [2.45, 2.75) is 19.4 Å². The lowest BCUT2D eigenvalue weighted by molar-refractivity contribution is 0.515. The SMILES string of the molecule is CC(C)(N=C=O)c1cc2ccccc2[nH]1. The Morgan fingerprint density at radius 2 is 2.07 bits per heavy atom. The Hall–Kier alpha value is -1.86. The number of aromatic nitrogens is 1. The fraction of sp³-hybridized carbons (Fsp3) is 0.250. The molecule has 0 unspecified atom stereocenters. The Kier molecular flexibility index (Phi) is 2.18. The second-order valence-electron chi connectivity index (χ2n) is 4.03. The molecule has 1 heterocycles. The van der Waals surface area contributed by atoms with Crippen LogP contribution in [0.5, 0.6) is 0 Å². The van der Waals surface area contributed by atoms with Crippen LogP contribution in [0.15, 0.2) is 35.3 Å². The average molecular weight is 200 g/mol. The molecule has 0 aliphatic rings. The summed E-state index contributed by atoms with van der Waals surface area (Å²) in [6.07, 6.45) is 1.61. The number of H-pyrrole nitrogens is 1. The van der Waals surface area contributed by atoms with Crippen molar-refractivity contribution in [3.8, 4) is 0 Å². The topological polar surface area (TPSA) is 45.2 Å². The van der Waals surface area contributed by atoms with Gasteiger partial charge >= 0.3 is 0 Å². The van der Waals surface area contributed by atoms with Crippen LogP contribution in [0.4, 0.5) is 0 Å². The number of benzene rings is 1. The summed E-state index contributed by atoms with van der Waals surface area (Å²) in [5.41, 5.74) is 1.44. The highest BCUT2D eigenvalue weighted by molar-refractivity contribution is 5.80. The van der Waals surface area contributed by atoms with Crippen LogP contribution in [0.2, 0.25) is 0 Å². The van der Waals surface area contributed by atoms with Crippen molar-refractivity contribution in [3.63, 3.8) is 0 Å². The van der Waals surface area contributed by atoms with E-state index in [9.17, 15) is 4.79 Å². The minimum atomic E-state index is -0.541. The third-order valence-corrected chi connectivity index (χ3v) is 2.51. The van der Waals surface area contributed by atoms with Gasteiger partial charge in [-0.2, -0.15) is 4.99 Å².